The number of carbonyl (C=O) groups is 1. The van der Waals surface area contributed by atoms with Crippen LogP contribution in [0.15, 0.2) is 48.5 Å². The zero-order valence-corrected chi connectivity index (χ0v) is 12.4. The number of phenolic OH excluding ortho intramolecular Hbond substituents is 1. The Morgan fingerprint density at radius 1 is 1.18 bits per heavy atom. The SMILES string of the molecule is Cc1nc2ccc(C(=O)/C=C/c3ccc(O)cc3)cc2n1C. The Balaban J connectivity index is 1.88. The number of imidazole rings is 1. The van der Waals surface area contributed by atoms with Crippen LogP contribution in [0, 0.1) is 6.92 Å². The summed E-state index contributed by atoms with van der Waals surface area (Å²) in [5.41, 5.74) is 3.33. The summed E-state index contributed by atoms with van der Waals surface area (Å²) >= 11 is 0. The third-order valence-corrected chi connectivity index (χ3v) is 3.71. The fraction of sp³-hybridized carbons (Fsp3) is 0.111. The van der Waals surface area contributed by atoms with E-state index in [1.807, 2.05) is 30.7 Å². The summed E-state index contributed by atoms with van der Waals surface area (Å²) in [6.45, 7) is 1.94. The molecule has 4 heteroatoms. The van der Waals surface area contributed by atoms with Crippen LogP contribution in [-0.4, -0.2) is 20.4 Å². The van der Waals surface area contributed by atoms with Crippen molar-refractivity contribution in [1.29, 1.82) is 0 Å². The number of aryl methyl sites for hydroxylation is 2. The van der Waals surface area contributed by atoms with E-state index >= 15 is 0 Å². The summed E-state index contributed by atoms with van der Waals surface area (Å²) in [6.07, 6.45) is 3.28. The van der Waals surface area contributed by atoms with Crippen molar-refractivity contribution in [3.8, 4) is 5.75 Å². The van der Waals surface area contributed by atoms with E-state index in [1.54, 1.807) is 36.4 Å². The predicted octanol–water partition coefficient (Wildman–Crippen LogP) is 3.48. The van der Waals surface area contributed by atoms with E-state index in [4.69, 9.17) is 0 Å². The Morgan fingerprint density at radius 2 is 1.91 bits per heavy atom. The molecule has 0 atom stereocenters. The maximum atomic E-state index is 12.3. The molecule has 0 saturated heterocycles. The van der Waals surface area contributed by atoms with Gasteiger partial charge in [-0.05, 0) is 48.9 Å². The molecule has 2 aromatic carbocycles. The monoisotopic (exact) mass is 292 g/mol. The topological polar surface area (TPSA) is 55.1 Å². The average Bonchev–Trinajstić information content (AvgIpc) is 2.81. The lowest BCUT2D eigenvalue weighted by Gasteiger charge is -1.99. The van der Waals surface area contributed by atoms with Gasteiger partial charge in [-0.15, -0.1) is 0 Å². The summed E-state index contributed by atoms with van der Waals surface area (Å²) in [5, 5.41) is 9.24. The van der Waals surface area contributed by atoms with Crippen molar-refractivity contribution in [2.75, 3.05) is 0 Å². The highest BCUT2D eigenvalue weighted by Gasteiger charge is 2.08. The fourth-order valence-corrected chi connectivity index (χ4v) is 2.32. The van der Waals surface area contributed by atoms with Gasteiger partial charge in [-0.3, -0.25) is 4.79 Å². The highest BCUT2D eigenvalue weighted by molar-refractivity contribution is 6.08. The molecule has 0 spiro atoms. The fourth-order valence-electron chi connectivity index (χ4n) is 2.32. The molecule has 3 aromatic rings. The molecule has 1 heterocycles. The summed E-state index contributed by atoms with van der Waals surface area (Å²) in [6, 6.07) is 12.2. The summed E-state index contributed by atoms with van der Waals surface area (Å²) in [5.74, 6) is 1.06. The first-order chi connectivity index (χ1) is 10.5. The van der Waals surface area contributed by atoms with Crippen molar-refractivity contribution in [2.45, 2.75) is 6.92 Å². The first-order valence-corrected chi connectivity index (χ1v) is 6.99. The molecular weight excluding hydrogens is 276 g/mol. The minimum atomic E-state index is -0.0613. The summed E-state index contributed by atoms with van der Waals surface area (Å²) in [7, 11) is 1.94. The lowest BCUT2D eigenvalue weighted by molar-refractivity contribution is 0.104. The number of fused-ring (bicyclic) bond motifs is 1. The van der Waals surface area contributed by atoms with Crippen molar-refractivity contribution in [2.24, 2.45) is 7.05 Å². The van der Waals surface area contributed by atoms with Gasteiger partial charge in [0.25, 0.3) is 0 Å². The van der Waals surface area contributed by atoms with Crippen LogP contribution < -0.4 is 0 Å². The third-order valence-electron chi connectivity index (χ3n) is 3.71. The Kier molecular flexibility index (Phi) is 3.51. The number of phenols is 1. The summed E-state index contributed by atoms with van der Waals surface area (Å²) < 4.78 is 1.97. The molecule has 4 nitrogen and oxygen atoms in total. The van der Waals surface area contributed by atoms with Gasteiger partial charge in [-0.1, -0.05) is 18.2 Å². The molecule has 0 saturated carbocycles. The van der Waals surface area contributed by atoms with Crippen molar-refractivity contribution in [3.05, 3.63) is 65.5 Å². The van der Waals surface area contributed by atoms with Crippen LogP contribution in [0.25, 0.3) is 17.1 Å². The minimum absolute atomic E-state index is 0.0613. The van der Waals surface area contributed by atoms with Crippen molar-refractivity contribution in [1.82, 2.24) is 9.55 Å². The molecule has 0 amide bonds. The van der Waals surface area contributed by atoms with Gasteiger partial charge in [0, 0.05) is 12.6 Å². The van der Waals surface area contributed by atoms with Gasteiger partial charge in [-0.25, -0.2) is 4.98 Å². The van der Waals surface area contributed by atoms with Crippen LogP contribution in [0.3, 0.4) is 0 Å². The predicted molar refractivity (Wildman–Crippen MR) is 86.9 cm³/mol. The number of carbonyl (C=O) groups excluding carboxylic acids is 1. The molecule has 0 radical (unpaired) electrons. The molecule has 1 aromatic heterocycles. The lowest BCUT2D eigenvalue weighted by Crippen LogP contribution is -1.96. The zero-order valence-electron chi connectivity index (χ0n) is 12.4. The van der Waals surface area contributed by atoms with Gasteiger partial charge in [0.15, 0.2) is 5.78 Å². The van der Waals surface area contributed by atoms with Crippen LogP contribution in [-0.2, 0) is 7.05 Å². The van der Waals surface area contributed by atoms with E-state index in [0.29, 0.717) is 5.56 Å². The maximum Gasteiger partial charge on any atom is 0.185 e. The number of hydrogen-bond acceptors (Lipinski definition) is 3. The molecule has 0 aliphatic rings. The largest absolute Gasteiger partial charge is 0.508 e. The van der Waals surface area contributed by atoms with Gasteiger partial charge in [0.1, 0.15) is 11.6 Å². The molecule has 0 bridgehead atoms. The lowest BCUT2D eigenvalue weighted by atomic mass is 10.1. The van der Waals surface area contributed by atoms with Crippen molar-refractivity contribution < 1.29 is 9.90 Å². The van der Waals surface area contributed by atoms with E-state index in [-0.39, 0.29) is 11.5 Å². The first kappa shape index (κ1) is 14.1. The number of nitrogens with zero attached hydrogens (tertiary/aromatic N) is 2. The smallest absolute Gasteiger partial charge is 0.185 e. The second-order valence-electron chi connectivity index (χ2n) is 5.21. The summed E-state index contributed by atoms with van der Waals surface area (Å²) in [4.78, 5) is 16.7. The van der Waals surface area contributed by atoms with E-state index in [9.17, 15) is 9.90 Å². The molecule has 0 aliphatic heterocycles. The molecule has 0 unspecified atom stereocenters. The van der Waals surface area contributed by atoms with Crippen molar-refractivity contribution >= 4 is 22.9 Å². The second kappa shape index (κ2) is 5.48. The number of benzene rings is 2. The zero-order chi connectivity index (χ0) is 15.7. The van der Waals surface area contributed by atoms with Gasteiger partial charge in [-0.2, -0.15) is 0 Å². The quantitative estimate of drug-likeness (QED) is 0.594. The maximum absolute atomic E-state index is 12.3. The Morgan fingerprint density at radius 3 is 2.64 bits per heavy atom. The second-order valence-corrected chi connectivity index (χ2v) is 5.21. The van der Waals surface area contributed by atoms with E-state index in [1.165, 1.54) is 6.08 Å². The molecule has 0 aliphatic carbocycles. The number of allylic oxidation sites excluding steroid dienone is 1. The first-order valence-electron chi connectivity index (χ1n) is 6.99. The average molecular weight is 292 g/mol. The van der Waals surface area contributed by atoms with E-state index in [2.05, 4.69) is 4.98 Å². The number of ketones is 1. The Bertz CT molecular complexity index is 874. The van der Waals surface area contributed by atoms with Gasteiger partial charge in [0.05, 0.1) is 11.0 Å². The molecule has 3 rings (SSSR count). The standard InChI is InChI=1S/C18H16N2O2/c1-12-19-16-9-6-14(11-17(16)20(12)2)18(22)10-5-13-3-7-15(21)8-4-13/h3-11,21H,1-2H3/b10-5+. The molecule has 110 valence electrons. The third kappa shape index (κ3) is 2.63. The molecule has 1 N–H and O–H groups in total. The number of hydrogen-bond donors (Lipinski definition) is 1. The van der Waals surface area contributed by atoms with Crippen LogP contribution in [0.5, 0.6) is 5.75 Å². The van der Waals surface area contributed by atoms with Crippen LogP contribution >= 0.6 is 0 Å². The highest BCUT2D eigenvalue weighted by Crippen LogP contribution is 2.17. The molecular formula is C18H16N2O2. The van der Waals surface area contributed by atoms with Crippen LogP contribution in [0.1, 0.15) is 21.7 Å². The number of rotatable bonds is 3. The molecule has 0 fully saturated rings. The normalized spacial score (nSPS) is 11.4. The van der Waals surface area contributed by atoms with Gasteiger partial charge in [0.2, 0.25) is 0 Å². The van der Waals surface area contributed by atoms with Crippen LogP contribution in [0.2, 0.25) is 0 Å². The molecule has 22 heavy (non-hydrogen) atoms. The Hall–Kier alpha value is -2.88. The van der Waals surface area contributed by atoms with Gasteiger partial charge >= 0.3 is 0 Å². The number of aromatic hydroxyl groups is 1. The number of aromatic nitrogens is 2. The Labute approximate surface area is 128 Å². The minimum Gasteiger partial charge on any atom is -0.508 e. The highest BCUT2D eigenvalue weighted by atomic mass is 16.3. The van der Waals surface area contributed by atoms with E-state index in [0.717, 1.165) is 22.4 Å². The van der Waals surface area contributed by atoms with Crippen LogP contribution in [0.4, 0.5) is 0 Å². The van der Waals surface area contributed by atoms with Crippen molar-refractivity contribution in [3.63, 3.8) is 0 Å². The van der Waals surface area contributed by atoms with Gasteiger partial charge < -0.3 is 9.67 Å². The van der Waals surface area contributed by atoms with E-state index < -0.39 is 0 Å².